The molecule has 2 aromatic rings. The van der Waals surface area contributed by atoms with Gasteiger partial charge in [-0.15, -0.1) is 11.8 Å². The van der Waals surface area contributed by atoms with E-state index in [0.29, 0.717) is 18.7 Å². The lowest BCUT2D eigenvalue weighted by molar-refractivity contribution is 0.0515. The number of allylic oxidation sites excluding steroid dienone is 3. The molecule has 2 aromatic carbocycles. The standard InChI is InChI=1S/C29H34N2O2S/c1-6-12-24(13-7-2)28-31(23(5)21-34-28)27-17-16-25(20-22(27)4)29(32)33-19-18-30(8-3)26-14-10-9-11-15-26/h6-7,9-17,20,28H,1,5,8,18-19,21H2,2-4H3/b13-7-,24-12+. The Bertz CT molecular complexity index is 1070. The van der Waals surface area contributed by atoms with Gasteiger partial charge in [-0.1, -0.05) is 55.7 Å². The number of para-hydroxylation sites is 1. The molecule has 1 aliphatic rings. The molecule has 3 rings (SSSR count). The van der Waals surface area contributed by atoms with Crippen molar-refractivity contribution in [2.75, 3.05) is 35.2 Å². The predicted molar refractivity (Wildman–Crippen MR) is 147 cm³/mol. The van der Waals surface area contributed by atoms with E-state index in [1.807, 2.05) is 80.2 Å². The lowest BCUT2D eigenvalue weighted by Crippen LogP contribution is -2.28. The molecule has 0 N–H and O–H groups in total. The van der Waals surface area contributed by atoms with Crippen LogP contribution in [0.5, 0.6) is 0 Å². The minimum atomic E-state index is -0.300. The fraction of sp³-hybridized carbons (Fsp3) is 0.276. The molecule has 0 aromatic heterocycles. The van der Waals surface area contributed by atoms with Crippen molar-refractivity contribution < 1.29 is 9.53 Å². The Morgan fingerprint density at radius 3 is 2.68 bits per heavy atom. The first-order valence-electron chi connectivity index (χ1n) is 11.6. The van der Waals surface area contributed by atoms with Crippen LogP contribution < -0.4 is 9.80 Å². The summed E-state index contributed by atoms with van der Waals surface area (Å²) < 4.78 is 5.60. The summed E-state index contributed by atoms with van der Waals surface area (Å²) in [5.41, 5.74) is 5.98. The first kappa shape index (κ1) is 25.4. The van der Waals surface area contributed by atoms with E-state index in [0.717, 1.165) is 34.9 Å². The Hall–Kier alpha value is -3.18. The third kappa shape index (κ3) is 6.03. The number of thioether (sulfide) groups is 1. The fourth-order valence-corrected chi connectivity index (χ4v) is 5.32. The SMILES string of the molecule is C=C/C=C(\C=C/C)C1SCC(=C)N1c1ccc(C(=O)OCCN(CC)c2ccccc2)cc1C. The molecule has 1 atom stereocenters. The van der Waals surface area contributed by atoms with Crippen LogP contribution in [-0.4, -0.2) is 36.8 Å². The van der Waals surface area contributed by atoms with Crippen LogP contribution in [0.15, 0.2) is 97.3 Å². The van der Waals surface area contributed by atoms with Gasteiger partial charge in [-0.05, 0) is 62.2 Å². The van der Waals surface area contributed by atoms with Crippen LogP contribution in [0.1, 0.15) is 29.8 Å². The van der Waals surface area contributed by atoms with Crippen LogP contribution in [0.25, 0.3) is 0 Å². The highest BCUT2D eigenvalue weighted by atomic mass is 32.2. The molecule has 1 aliphatic heterocycles. The Morgan fingerprint density at radius 1 is 1.26 bits per heavy atom. The molecule has 34 heavy (non-hydrogen) atoms. The summed E-state index contributed by atoms with van der Waals surface area (Å²) in [7, 11) is 0. The van der Waals surface area contributed by atoms with Gasteiger partial charge in [0.2, 0.25) is 0 Å². The number of hydrogen-bond donors (Lipinski definition) is 0. The smallest absolute Gasteiger partial charge is 0.338 e. The van der Waals surface area contributed by atoms with Gasteiger partial charge in [0.15, 0.2) is 0 Å². The van der Waals surface area contributed by atoms with Crippen molar-refractivity contribution in [3.63, 3.8) is 0 Å². The van der Waals surface area contributed by atoms with Gasteiger partial charge in [-0.25, -0.2) is 4.79 Å². The Morgan fingerprint density at radius 2 is 2.03 bits per heavy atom. The Balaban J connectivity index is 1.70. The number of hydrogen-bond acceptors (Lipinski definition) is 5. The maximum absolute atomic E-state index is 12.7. The van der Waals surface area contributed by atoms with Gasteiger partial charge in [0, 0.05) is 29.4 Å². The van der Waals surface area contributed by atoms with E-state index < -0.39 is 0 Å². The monoisotopic (exact) mass is 474 g/mol. The van der Waals surface area contributed by atoms with E-state index >= 15 is 0 Å². The van der Waals surface area contributed by atoms with Gasteiger partial charge in [0.05, 0.1) is 12.1 Å². The second kappa shape index (κ2) is 12.3. The largest absolute Gasteiger partial charge is 0.460 e. The number of rotatable bonds is 10. The van der Waals surface area contributed by atoms with Crippen LogP contribution in [0.4, 0.5) is 11.4 Å². The lowest BCUT2D eigenvalue weighted by Gasteiger charge is -2.29. The minimum Gasteiger partial charge on any atom is -0.460 e. The summed E-state index contributed by atoms with van der Waals surface area (Å²) in [6.45, 7) is 16.1. The average molecular weight is 475 g/mol. The normalized spacial score (nSPS) is 16.2. The van der Waals surface area contributed by atoms with E-state index in [4.69, 9.17) is 4.74 Å². The zero-order valence-corrected chi connectivity index (χ0v) is 21.2. The zero-order chi connectivity index (χ0) is 24.5. The van der Waals surface area contributed by atoms with E-state index in [-0.39, 0.29) is 11.3 Å². The summed E-state index contributed by atoms with van der Waals surface area (Å²) in [6, 6.07) is 15.9. The predicted octanol–water partition coefficient (Wildman–Crippen LogP) is 6.76. The van der Waals surface area contributed by atoms with Crippen LogP contribution in [0.3, 0.4) is 0 Å². The number of carbonyl (C=O) groups excluding carboxylic acids is 1. The third-order valence-electron chi connectivity index (χ3n) is 5.73. The van der Waals surface area contributed by atoms with Crippen molar-refractivity contribution in [1.82, 2.24) is 0 Å². The first-order valence-corrected chi connectivity index (χ1v) is 12.7. The maximum atomic E-state index is 12.7. The second-order valence-electron chi connectivity index (χ2n) is 8.05. The Kier molecular flexibility index (Phi) is 9.23. The van der Waals surface area contributed by atoms with Gasteiger partial charge in [-0.3, -0.25) is 0 Å². The van der Waals surface area contributed by atoms with Gasteiger partial charge in [0.25, 0.3) is 0 Å². The lowest BCUT2D eigenvalue weighted by atomic mass is 10.1. The number of benzene rings is 2. The quantitative estimate of drug-likeness (QED) is 0.281. The topological polar surface area (TPSA) is 32.8 Å². The van der Waals surface area contributed by atoms with Gasteiger partial charge in [-0.2, -0.15) is 0 Å². The molecular formula is C29H34N2O2S. The molecule has 1 saturated heterocycles. The number of ether oxygens (including phenoxy) is 1. The van der Waals surface area contributed by atoms with Crippen LogP contribution >= 0.6 is 11.8 Å². The molecule has 0 saturated carbocycles. The third-order valence-corrected chi connectivity index (χ3v) is 7.03. The molecule has 0 spiro atoms. The number of esters is 1. The molecule has 1 fully saturated rings. The molecule has 0 aliphatic carbocycles. The van der Waals surface area contributed by atoms with Gasteiger partial charge < -0.3 is 14.5 Å². The van der Waals surface area contributed by atoms with Crippen LogP contribution in [0, 0.1) is 6.92 Å². The van der Waals surface area contributed by atoms with Gasteiger partial charge >= 0.3 is 5.97 Å². The molecule has 1 unspecified atom stereocenters. The molecule has 0 bridgehead atoms. The van der Waals surface area contributed by atoms with E-state index in [9.17, 15) is 4.79 Å². The molecule has 0 amide bonds. The fourth-order valence-electron chi connectivity index (χ4n) is 4.07. The highest BCUT2D eigenvalue weighted by Gasteiger charge is 2.31. The maximum Gasteiger partial charge on any atom is 0.338 e. The highest BCUT2D eigenvalue weighted by molar-refractivity contribution is 8.00. The highest BCUT2D eigenvalue weighted by Crippen LogP contribution is 2.41. The molecule has 5 heteroatoms. The number of carbonyl (C=O) groups is 1. The van der Waals surface area contributed by atoms with Crippen molar-refractivity contribution in [3.05, 3.63) is 108 Å². The van der Waals surface area contributed by atoms with E-state index in [1.165, 1.54) is 5.57 Å². The second-order valence-corrected chi connectivity index (χ2v) is 9.12. The molecule has 0 radical (unpaired) electrons. The van der Waals surface area contributed by atoms with Crippen molar-refractivity contribution in [3.8, 4) is 0 Å². The first-order chi connectivity index (χ1) is 16.5. The van der Waals surface area contributed by atoms with E-state index in [2.05, 4.69) is 48.1 Å². The minimum absolute atomic E-state index is 0.121. The van der Waals surface area contributed by atoms with Crippen molar-refractivity contribution >= 4 is 29.1 Å². The van der Waals surface area contributed by atoms with Crippen LogP contribution in [0.2, 0.25) is 0 Å². The van der Waals surface area contributed by atoms with Gasteiger partial charge in [0.1, 0.15) is 12.0 Å². The molecule has 4 nitrogen and oxygen atoms in total. The summed E-state index contributed by atoms with van der Waals surface area (Å²) in [6.07, 6.45) is 8.01. The average Bonchev–Trinajstić information content (AvgIpc) is 3.23. The molecule has 178 valence electrons. The summed E-state index contributed by atoms with van der Waals surface area (Å²) in [5, 5.41) is 0.121. The number of likely N-dealkylation sites (N-methyl/N-ethyl adjacent to an activating group) is 1. The molecular weight excluding hydrogens is 440 g/mol. The zero-order valence-electron chi connectivity index (χ0n) is 20.4. The van der Waals surface area contributed by atoms with E-state index in [1.54, 1.807) is 0 Å². The molecule has 1 heterocycles. The summed E-state index contributed by atoms with van der Waals surface area (Å²) in [4.78, 5) is 17.2. The number of aryl methyl sites for hydroxylation is 1. The van der Waals surface area contributed by atoms with Crippen LogP contribution in [-0.2, 0) is 4.74 Å². The van der Waals surface area contributed by atoms with Crippen molar-refractivity contribution in [1.29, 1.82) is 0 Å². The number of nitrogens with zero attached hydrogens (tertiary/aromatic N) is 2. The van der Waals surface area contributed by atoms with Crippen molar-refractivity contribution in [2.45, 2.75) is 26.1 Å². The van der Waals surface area contributed by atoms with Crippen molar-refractivity contribution in [2.24, 2.45) is 0 Å². The summed E-state index contributed by atoms with van der Waals surface area (Å²) in [5.74, 6) is 0.557. The summed E-state index contributed by atoms with van der Waals surface area (Å²) >= 11 is 1.84. The number of anilines is 2. The Labute approximate surface area is 208 Å².